The van der Waals surface area contributed by atoms with Gasteiger partial charge in [-0.05, 0) is 19.1 Å². The van der Waals surface area contributed by atoms with Crippen molar-refractivity contribution in [3.8, 4) is 0 Å². The van der Waals surface area contributed by atoms with Crippen LogP contribution in [0.15, 0.2) is 30.7 Å². The number of amides is 1. The Labute approximate surface area is 97.9 Å². The van der Waals surface area contributed by atoms with E-state index in [1.165, 1.54) is 24.7 Å². The van der Waals surface area contributed by atoms with Gasteiger partial charge in [0.25, 0.3) is 5.91 Å². The van der Waals surface area contributed by atoms with Crippen molar-refractivity contribution in [1.82, 2.24) is 15.0 Å². The van der Waals surface area contributed by atoms with Gasteiger partial charge in [-0.15, -0.1) is 0 Å². The summed E-state index contributed by atoms with van der Waals surface area (Å²) in [5, 5.41) is 2.62. The van der Waals surface area contributed by atoms with Crippen LogP contribution < -0.4 is 11.1 Å². The van der Waals surface area contributed by atoms with E-state index < -0.39 is 0 Å². The average molecular weight is 229 g/mol. The van der Waals surface area contributed by atoms with Crippen molar-refractivity contribution in [1.29, 1.82) is 0 Å². The van der Waals surface area contributed by atoms with Gasteiger partial charge in [0, 0.05) is 23.7 Å². The molecular formula is C11H11N5O. The molecular weight excluding hydrogens is 218 g/mol. The second-order valence-electron chi connectivity index (χ2n) is 3.47. The molecule has 0 fully saturated rings. The van der Waals surface area contributed by atoms with Crippen molar-refractivity contribution in [2.24, 2.45) is 0 Å². The lowest BCUT2D eigenvalue weighted by atomic mass is 10.2. The molecule has 0 radical (unpaired) electrons. The Morgan fingerprint density at radius 3 is 2.82 bits per heavy atom. The number of rotatable bonds is 2. The fourth-order valence-electron chi connectivity index (χ4n) is 1.38. The first-order valence-corrected chi connectivity index (χ1v) is 4.96. The molecule has 2 aromatic heterocycles. The molecule has 0 unspecified atom stereocenters. The van der Waals surface area contributed by atoms with Gasteiger partial charge >= 0.3 is 0 Å². The number of nitrogens with one attached hydrogen (secondary N) is 1. The third kappa shape index (κ3) is 2.75. The van der Waals surface area contributed by atoms with Crippen LogP contribution in [0, 0.1) is 6.92 Å². The fraction of sp³-hybridized carbons (Fsp3) is 0.0909. The first-order valence-electron chi connectivity index (χ1n) is 4.96. The van der Waals surface area contributed by atoms with Gasteiger partial charge in [-0.1, -0.05) is 0 Å². The molecule has 0 atom stereocenters. The summed E-state index contributed by atoms with van der Waals surface area (Å²) in [4.78, 5) is 23.6. The smallest absolute Gasteiger partial charge is 0.257 e. The fourth-order valence-corrected chi connectivity index (χ4v) is 1.38. The zero-order chi connectivity index (χ0) is 12.3. The molecule has 0 aromatic carbocycles. The molecule has 0 aliphatic carbocycles. The molecule has 17 heavy (non-hydrogen) atoms. The van der Waals surface area contributed by atoms with Crippen LogP contribution in [0.25, 0.3) is 0 Å². The number of carbonyl (C=O) groups excluding carboxylic acids is 1. The normalized spacial score (nSPS) is 9.94. The van der Waals surface area contributed by atoms with Crippen LogP contribution in [0.5, 0.6) is 0 Å². The molecule has 3 N–H and O–H groups in total. The minimum absolute atomic E-state index is 0.289. The lowest BCUT2D eigenvalue weighted by Gasteiger charge is -2.05. The van der Waals surface area contributed by atoms with E-state index in [-0.39, 0.29) is 5.91 Å². The summed E-state index contributed by atoms with van der Waals surface area (Å²) in [6.07, 6.45) is 4.50. The van der Waals surface area contributed by atoms with E-state index in [9.17, 15) is 4.79 Å². The SMILES string of the molecule is Cc1cc(C(=O)Nc2cnccn2)cc(N)n1. The molecule has 0 spiro atoms. The summed E-state index contributed by atoms with van der Waals surface area (Å²) < 4.78 is 0. The quantitative estimate of drug-likeness (QED) is 0.801. The van der Waals surface area contributed by atoms with E-state index in [1.54, 1.807) is 13.0 Å². The highest BCUT2D eigenvalue weighted by Gasteiger charge is 2.08. The van der Waals surface area contributed by atoms with E-state index in [0.29, 0.717) is 22.9 Å². The number of aryl methyl sites for hydroxylation is 1. The van der Waals surface area contributed by atoms with Crippen LogP contribution in [-0.2, 0) is 0 Å². The third-order valence-corrected chi connectivity index (χ3v) is 2.04. The van der Waals surface area contributed by atoms with E-state index >= 15 is 0 Å². The van der Waals surface area contributed by atoms with Crippen LogP contribution >= 0.6 is 0 Å². The monoisotopic (exact) mass is 229 g/mol. The summed E-state index contributed by atoms with van der Waals surface area (Å²) in [6, 6.07) is 3.17. The Morgan fingerprint density at radius 2 is 2.18 bits per heavy atom. The molecule has 2 aromatic rings. The number of nitrogens with two attached hydrogens (primary N) is 1. The Balaban J connectivity index is 2.20. The van der Waals surface area contributed by atoms with Crippen molar-refractivity contribution in [3.05, 3.63) is 42.0 Å². The maximum absolute atomic E-state index is 11.9. The number of nitrogens with zero attached hydrogens (tertiary/aromatic N) is 3. The van der Waals surface area contributed by atoms with Crippen LogP contribution in [0.2, 0.25) is 0 Å². The molecule has 0 aliphatic rings. The molecule has 0 bridgehead atoms. The predicted octanol–water partition coefficient (Wildman–Crippen LogP) is 1.01. The standard InChI is InChI=1S/C11H11N5O/c1-7-4-8(5-9(12)15-7)11(17)16-10-6-13-2-3-14-10/h2-6H,1H3,(H2,12,15)(H,14,16,17). The topological polar surface area (TPSA) is 93.8 Å². The van der Waals surface area contributed by atoms with E-state index in [2.05, 4.69) is 20.3 Å². The van der Waals surface area contributed by atoms with Gasteiger partial charge in [-0.3, -0.25) is 9.78 Å². The van der Waals surface area contributed by atoms with Crippen molar-refractivity contribution in [2.45, 2.75) is 6.92 Å². The van der Waals surface area contributed by atoms with Crippen molar-refractivity contribution in [2.75, 3.05) is 11.1 Å². The first-order chi connectivity index (χ1) is 8.15. The molecule has 0 saturated heterocycles. The minimum Gasteiger partial charge on any atom is -0.384 e. The van der Waals surface area contributed by atoms with E-state index in [0.717, 1.165) is 0 Å². The molecule has 0 aliphatic heterocycles. The Kier molecular flexibility index (Phi) is 2.95. The number of hydrogen-bond donors (Lipinski definition) is 2. The van der Waals surface area contributed by atoms with E-state index in [4.69, 9.17) is 5.73 Å². The van der Waals surface area contributed by atoms with Gasteiger partial charge in [-0.2, -0.15) is 0 Å². The first kappa shape index (κ1) is 11.0. The third-order valence-electron chi connectivity index (χ3n) is 2.04. The highest BCUT2D eigenvalue weighted by Crippen LogP contribution is 2.09. The lowest BCUT2D eigenvalue weighted by Crippen LogP contribution is -2.14. The van der Waals surface area contributed by atoms with Gasteiger partial charge in [0.05, 0.1) is 6.20 Å². The van der Waals surface area contributed by atoms with Crippen molar-refractivity contribution in [3.63, 3.8) is 0 Å². The summed E-state index contributed by atoms with van der Waals surface area (Å²) in [7, 11) is 0. The Hall–Kier alpha value is -2.50. The molecule has 6 nitrogen and oxygen atoms in total. The van der Waals surface area contributed by atoms with Gasteiger partial charge in [0.2, 0.25) is 0 Å². The zero-order valence-corrected chi connectivity index (χ0v) is 9.21. The number of hydrogen-bond acceptors (Lipinski definition) is 5. The molecule has 2 heterocycles. The second-order valence-corrected chi connectivity index (χ2v) is 3.47. The second kappa shape index (κ2) is 4.56. The van der Waals surface area contributed by atoms with Gasteiger partial charge in [0.15, 0.2) is 5.82 Å². The van der Waals surface area contributed by atoms with Crippen LogP contribution in [0.1, 0.15) is 16.1 Å². The number of pyridine rings is 1. The predicted molar refractivity (Wildman–Crippen MR) is 63.4 cm³/mol. The Bertz CT molecular complexity index is 521. The maximum Gasteiger partial charge on any atom is 0.257 e. The highest BCUT2D eigenvalue weighted by atomic mass is 16.1. The van der Waals surface area contributed by atoms with E-state index in [1.807, 2.05) is 0 Å². The molecule has 2 rings (SSSR count). The van der Waals surface area contributed by atoms with Gasteiger partial charge in [-0.25, -0.2) is 9.97 Å². The molecule has 0 saturated carbocycles. The lowest BCUT2D eigenvalue weighted by molar-refractivity contribution is 0.102. The number of aromatic nitrogens is 3. The van der Waals surface area contributed by atoms with Crippen molar-refractivity contribution < 1.29 is 4.79 Å². The Morgan fingerprint density at radius 1 is 1.35 bits per heavy atom. The highest BCUT2D eigenvalue weighted by molar-refractivity contribution is 6.04. The average Bonchev–Trinajstić information content (AvgIpc) is 2.29. The van der Waals surface area contributed by atoms with Crippen LogP contribution in [0.4, 0.5) is 11.6 Å². The minimum atomic E-state index is -0.289. The summed E-state index contributed by atoms with van der Waals surface area (Å²) in [5.74, 6) is 0.419. The van der Waals surface area contributed by atoms with Gasteiger partial charge < -0.3 is 11.1 Å². The number of anilines is 2. The van der Waals surface area contributed by atoms with Crippen LogP contribution in [0.3, 0.4) is 0 Å². The largest absolute Gasteiger partial charge is 0.384 e. The number of carbonyl (C=O) groups is 1. The summed E-state index contributed by atoms with van der Waals surface area (Å²) in [5.41, 5.74) is 6.71. The molecule has 86 valence electrons. The van der Waals surface area contributed by atoms with Crippen LogP contribution in [-0.4, -0.2) is 20.9 Å². The van der Waals surface area contributed by atoms with Crippen molar-refractivity contribution >= 4 is 17.5 Å². The zero-order valence-electron chi connectivity index (χ0n) is 9.21. The summed E-state index contributed by atoms with van der Waals surface area (Å²) in [6.45, 7) is 1.77. The van der Waals surface area contributed by atoms with Gasteiger partial charge in [0.1, 0.15) is 5.82 Å². The molecule has 6 heteroatoms. The number of nitrogen functional groups attached to an aromatic ring is 1. The molecule has 1 amide bonds. The maximum atomic E-state index is 11.9. The summed E-state index contributed by atoms with van der Waals surface area (Å²) >= 11 is 0.